The Morgan fingerprint density at radius 1 is 0.230 bits per heavy atom. The Hall–Kier alpha value is -8.01. The van der Waals surface area contributed by atoms with Gasteiger partial charge in [-0.3, -0.25) is 15.0 Å². The van der Waals surface area contributed by atoms with Gasteiger partial charge < -0.3 is 0 Å². The van der Waals surface area contributed by atoms with Crippen molar-refractivity contribution in [2.75, 3.05) is 0 Å². The molecule has 3 heterocycles. The molecule has 61 heavy (non-hydrogen) atoms. The van der Waals surface area contributed by atoms with E-state index in [-0.39, 0.29) is 0 Å². The summed E-state index contributed by atoms with van der Waals surface area (Å²) < 4.78 is 0. The van der Waals surface area contributed by atoms with Gasteiger partial charge in [-0.15, -0.1) is 0 Å². The van der Waals surface area contributed by atoms with E-state index in [0.29, 0.717) is 0 Å². The van der Waals surface area contributed by atoms with Crippen molar-refractivity contribution in [3.8, 4) is 101 Å². The Bertz CT molecular complexity index is 2940. The quantitative estimate of drug-likeness (QED) is 0.146. The molecule has 288 valence electrons. The molecule has 0 bridgehead atoms. The second kappa shape index (κ2) is 16.7. The van der Waals surface area contributed by atoms with E-state index in [1.54, 1.807) is 0 Å². The summed E-state index contributed by atoms with van der Waals surface area (Å²) >= 11 is 0. The van der Waals surface area contributed by atoms with Gasteiger partial charge in [0.2, 0.25) is 0 Å². The molecule has 0 fully saturated rings. The lowest BCUT2D eigenvalue weighted by molar-refractivity contribution is 1.32. The van der Waals surface area contributed by atoms with E-state index in [1.165, 1.54) is 5.56 Å². The van der Waals surface area contributed by atoms with Crippen molar-refractivity contribution in [3.63, 3.8) is 0 Å². The second-order valence-corrected chi connectivity index (χ2v) is 15.3. The van der Waals surface area contributed by atoms with Gasteiger partial charge in [-0.2, -0.15) is 0 Å². The largest absolute Gasteiger partial charge is 0.256 e. The summed E-state index contributed by atoms with van der Waals surface area (Å²) in [6, 6.07) is 75.1. The van der Waals surface area contributed by atoms with Gasteiger partial charge in [0, 0.05) is 52.0 Å². The highest BCUT2D eigenvalue weighted by atomic mass is 14.7. The average molecular weight is 780 g/mol. The number of benzene rings is 7. The van der Waals surface area contributed by atoms with Gasteiger partial charge >= 0.3 is 0 Å². The lowest BCUT2D eigenvalue weighted by Crippen LogP contribution is -1.93. The van der Waals surface area contributed by atoms with Crippen molar-refractivity contribution in [2.45, 2.75) is 6.92 Å². The average Bonchev–Trinajstić information content (AvgIpc) is 3.35. The summed E-state index contributed by atoms with van der Waals surface area (Å²) in [6.07, 6.45) is 5.99. The predicted octanol–water partition coefficient (Wildman–Crippen LogP) is 15.2. The molecule has 3 nitrogen and oxygen atoms in total. The number of pyridine rings is 3. The van der Waals surface area contributed by atoms with E-state index in [2.05, 4.69) is 183 Å². The highest BCUT2D eigenvalue weighted by molar-refractivity contribution is 5.94. The van der Waals surface area contributed by atoms with Gasteiger partial charge in [0.1, 0.15) is 0 Å². The first-order valence-electron chi connectivity index (χ1n) is 20.7. The fourth-order valence-electron chi connectivity index (χ4n) is 8.17. The van der Waals surface area contributed by atoms with Gasteiger partial charge in [-0.05, 0) is 93.4 Å². The van der Waals surface area contributed by atoms with Crippen LogP contribution in [0.4, 0.5) is 0 Å². The molecule has 0 N–H and O–H groups in total. The van der Waals surface area contributed by atoms with E-state index in [4.69, 9.17) is 15.0 Å². The number of aromatic nitrogens is 3. The SMILES string of the molecule is Cc1ccc(-c2ccc(-c3ccccc3-c3cc(-c4ccccc4-c4ccc(-c5ccccc5)nc4)cc(-c4ccccc4-c4ccc(-c5ccccc5)nc4)c3)cn2)cc1. The van der Waals surface area contributed by atoms with Gasteiger partial charge in [0.15, 0.2) is 0 Å². The number of aryl methyl sites for hydroxylation is 1. The molecule has 0 aliphatic heterocycles. The molecular formula is C58H41N3. The van der Waals surface area contributed by atoms with Crippen LogP contribution in [0.2, 0.25) is 0 Å². The summed E-state index contributed by atoms with van der Waals surface area (Å²) in [5.74, 6) is 0. The molecule has 0 saturated carbocycles. The number of hydrogen-bond acceptors (Lipinski definition) is 3. The predicted molar refractivity (Wildman–Crippen MR) is 253 cm³/mol. The van der Waals surface area contributed by atoms with Crippen molar-refractivity contribution < 1.29 is 0 Å². The molecule has 3 heteroatoms. The molecule has 0 unspecified atom stereocenters. The lowest BCUT2D eigenvalue weighted by Gasteiger charge is -2.18. The first kappa shape index (κ1) is 37.3. The van der Waals surface area contributed by atoms with Gasteiger partial charge in [-0.1, -0.05) is 181 Å². The molecule has 0 aliphatic carbocycles. The highest BCUT2D eigenvalue weighted by Crippen LogP contribution is 2.42. The van der Waals surface area contributed by atoms with E-state index < -0.39 is 0 Å². The van der Waals surface area contributed by atoms with Crippen molar-refractivity contribution in [1.82, 2.24) is 15.0 Å². The van der Waals surface area contributed by atoms with Crippen LogP contribution in [0, 0.1) is 6.92 Å². The second-order valence-electron chi connectivity index (χ2n) is 15.3. The van der Waals surface area contributed by atoms with Crippen LogP contribution in [0.5, 0.6) is 0 Å². The molecule has 0 saturated heterocycles. The third kappa shape index (κ3) is 7.81. The maximum atomic E-state index is 4.95. The number of rotatable bonds is 9. The van der Waals surface area contributed by atoms with Crippen LogP contribution in [0.15, 0.2) is 231 Å². The molecular weight excluding hydrogens is 739 g/mol. The Balaban J connectivity index is 1.11. The Morgan fingerprint density at radius 2 is 0.492 bits per heavy atom. The fraction of sp³-hybridized carbons (Fsp3) is 0.0172. The van der Waals surface area contributed by atoms with E-state index in [0.717, 1.165) is 101 Å². The lowest BCUT2D eigenvalue weighted by atomic mass is 9.86. The van der Waals surface area contributed by atoms with Crippen LogP contribution in [0.1, 0.15) is 5.56 Å². The molecule has 0 amide bonds. The van der Waals surface area contributed by atoms with Gasteiger partial charge in [0.25, 0.3) is 0 Å². The molecule has 0 aliphatic rings. The van der Waals surface area contributed by atoms with Crippen molar-refractivity contribution in [2.24, 2.45) is 0 Å². The first-order chi connectivity index (χ1) is 30.1. The number of hydrogen-bond donors (Lipinski definition) is 0. The zero-order valence-corrected chi connectivity index (χ0v) is 33.8. The Kier molecular flexibility index (Phi) is 10.2. The number of nitrogens with zero attached hydrogens (tertiary/aromatic N) is 3. The van der Waals surface area contributed by atoms with Crippen LogP contribution in [0.25, 0.3) is 101 Å². The van der Waals surface area contributed by atoms with E-state index in [9.17, 15) is 0 Å². The first-order valence-corrected chi connectivity index (χ1v) is 20.7. The molecule has 10 aromatic rings. The van der Waals surface area contributed by atoms with Crippen LogP contribution >= 0.6 is 0 Å². The van der Waals surface area contributed by atoms with Crippen molar-refractivity contribution >= 4 is 0 Å². The molecule has 7 aromatic carbocycles. The minimum absolute atomic E-state index is 0.951. The summed E-state index contributed by atoms with van der Waals surface area (Å²) in [6.45, 7) is 2.11. The van der Waals surface area contributed by atoms with E-state index >= 15 is 0 Å². The van der Waals surface area contributed by atoms with Crippen LogP contribution < -0.4 is 0 Å². The van der Waals surface area contributed by atoms with Crippen molar-refractivity contribution in [1.29, 1.82) is 0 Å². The molecule has 0 radical (unpaired) electrons. The maximum Gasteiger partial charge on any atom is 0.0702 e. The van der Waals surface area contributed by atoms with Crippen molar-refractivity contribution in [3.05, 3.63) is 236 Å². The minimum Gasteiger partial charge on any atom is -0.256 e. The van der Waals surface area contributed by atoms with Gasteiger partial charge in [-0.25, -0.2) is 0 Å². The Labute approximate surface area is 357 Å². The summed E-state index contributed by atoms with van der Waals surface area (Å²) in [4.78, 5) is 14.8. The van der Waals surface area contributed by atoms with Gasteiger partial charge in [0.05, 0.1) is 17.1 Å². The normalized spacial score (nSPS) is 11.0. The smallest absolute Gasteiger partial charge is 0.0702 e. The topological polar surface area (TPSA) is 38.7 Å². The van der Waals surface area contributed by atoms with Crippen LogP contribution in [-0.4, -0.2) is 15.0 Å². The maximum absolute atomic E-state index is 4.95. The van der Waals surface area contributed by atoms with Crippen LogP contribution in [-0.2, 0) is 0 Å². The molecule has 10 rings (SSSR count). The minimum atomic E-state index is 0.951. The molecule has 0 atom stereocenters. The third-order valence-electron chi connectivity index (χ3n) is 11.4. The van der Waals surface area contributed by atoms with Crippen LogP contribution in [0.3, 0.4) is 0 Å². The molecule has 0 spiro atoms. The zero-order valence-electron chi connectivity index (χ0n) is 33.8. The Morgan fingerprint density at radius 3 is 0.787 bits per heavy atom. The highest BCUT2D eigenvalue weighted by Gasteiger charge is 2.17. The standard InChI is InChI=1S/C58H41N3/c1-40-24-26-43(27-25-40)58-33-30-46(39-61-58)52-20-10-13-23-55(52)49-35-47(53-21-11-8-18-50(53)44-28-31-56(59-37-44)41-14-4-2-5-15-41)34-48(36-49)54-22-12-9-19-51(54)45-29-32-57(60-38-45)42-16-6-3-7-17-42/h2-39H,1H3. The van der Waals surface area contributed by atoms with E-state index in [1.807, 2.05) is 55.0 Å². The monoisotopic (exact) mass is 779 g/mol. The fourth-order valence-corrected chi connectivity index (χ4v) is 8.17. The summed E-state index contributed by atoms with van der Waals surface area (Å²) in [7, 11) is 0. The molecule has 3 aromatic heterocycles. The summed E-state index contributed by atoms with van der Waals surface area (Å²) in [5.41, 5.74) is 20.7. The summed E-state index contributed by atoms with van der Waals surface area (Å²) in [5, 5.41) is 0. The third-order valence-corrected chi connectivity index (χ3v) is 11.4. The zero-order chi connectivity index (χ0) is 41.0.